The average Bonchev–Trinajstić information content (AvgIpc) is 2.69. The smallest absolute Gasteiger partial charge is 0.104 e. The first-order valence-corrected chi connectivity index (χ1v) is 6.19. The zero-order chi connectivity index (χ0) is 11.4. The molecule has 5 heteroatoms. The molecular weight excluding hydrogens is 222 g/mol. The fourth-order valence-electron chi connectivity index (χ4n) is 1.76. The van der Waals surface area contributed by atoms with Gasteiger partial charge in [-0.1, -0.05) is 0 Å². The minimum atomic E-state index is 0.613. The highest BCUT2D eigenvalue weighted by Crippen LogP contribution is 2.24. The van der Waals surface area contributed by atoms with E-state index in [9.17, 15) is 0 Å². The molecule has 0 saturated carbocycles. The van der Waals surface area contributed by atoms with Crippen molar-refractivity contribution < 1.29 is 4.74 Å². The van der Waals surface area contributed by atoms with Crippen LogP contribution in [0.2, 0.25) is 0 Å². The van der Waals surface area contributed by atoms with Crippen LogP contribution in [-0.2, 0) is 11.2 Å². The fourth-order valence-corrected chi connectivity index (χ4v) is 2.63. The molecule has 1 saturated heterocycles. The van der Waals surface area contributed by atoms with Crippen molar-refractivity contribution in [1.82, 2.24) is 4.90 Å². The molecule has 0 bridgehead atoms. The molecule has 0 amide bonds. The second kappa shape index (κ2) is 5.30. The van der Waals surface area contributed by atoms with Gasteiger partial charge in [-0.25, -0.2) is 0 Å². The van der Waals surface area contributed by atoms with E-state index in [0.717, 1.165) is 39.3 Å². The Hall–Kier alpha value is -1.09. The summed E-state index contributed by atoms with van der Waals surface area (Å²) in [6, 6.07) is 4.01. The van der Waals surface area contributed by atoms with Gasteiger partial charge in [0.1, 0.15) is 11.1 Å². The molecular formula is C11H15N3OS. The van der Waals surface area contributed by atoms with Crippen molar-refractivity contribution >= 4 is 16.3 Å². The van der Waals surface area contributed by atoms with Crippen LogP contribution in [0.3, 0.4) is 0 Å². The number of morpholine rings is 1. The lowest BCUT2D eigenvalue weighted by molar-refractivity contribution is 0.0385. The number of nitriles is 1. The first-order valence-electron chi connectivity index (χ1n) is 5.38. The van der Waals surface area contributed by atoms with E-state index in [2.05, 4.69) is 11.0 Å². The lowest BCUT2D eigenvalue weighted by Gasteiger charge is -2.26. The average molecular weight is 237 g/mol. The third-order valence-electron chi connectivity index (χ3n) is 2.71. The van der Waals surface area contributed by atoms with Gasteiger partial charge in [0.2, 0.25) is 0 Å². The molecule has 0 spiro atoms. The van der Waals surface area contributed by atoms with Crippen molar-refractivity contribution in [3.63, 3.8) is 0 Å². The summed E-state index contributed by atoms with van der Waals surface area (Å²) < 4.78 is 5.29. The summed E-state index contributed by atoms with van der Waals surface area (Å²) in [6.07, 6.45) is 0.969. The maximum atomic E-state index is 8.80. The van der Waals surface area contributed by atoms with Gasteiger partial charge in [0.25, 0.3) is 0 Å². The predicted octanol–water partition coefficient (Wildman–Crippen LogP) is 1.08. The van der Waals surface area contributed by atoms with E-state index in [-0.39, 0.29) is 0 Å². The van der Waals surface area contributed by atoms with E-state index in [0.29, 0.717) is 10.6 Å². The van der Waals surface area contributed by atoms with Gasteiger partial charge in [0.15, 0.2) is 0 Å². The van der Waals surface area contributed by atoms with E-state index in [1.165, 1.54) is 16.2 Å². The minimum Gasteiger partial charge on any atom is -0.389 e. The van der Waals surface area contributed by atoms with Crippen LogP contribution in [0.5, 0.6) is 0 Å². The van der Waals surface area contributed by atoms with Crippen molar-refractivity contribution in [3.8, 4) is 6.07 Å². The molecule has 1 aromatic rings. The van der Waals surface area contributed by atoms with Crippen LogP contribution in [0.25, 0.3) is 0 Å². The third kappa shape index (κ3) is 2.73. The summed E-state index contributed by atoms with van der Waals surface area (Å²) in [6.45, 7) is 4.69. The number of anilines is 1. The van der Waals surface area contributed by atoms with E-state index in [4.69, 9.17) is 15.7 Å². The Balaban J connectivity index is 1.86. The summed E-state index contributed by atoms with van der Waals surface area (Å²) in [5.74, 6) is 0. The molecule has 2 heterocycles. The van der Waals surface area contributed by atoms with E-state index in [1.54, 1.807) is 0 Å². The van der Waals surface area contributed by atoms with Gasteiger partial charge in [-0.15, -0.1) is 11.3 Å². The molecule has 1 aromatic heterocycles. The number of nitrogen functional groups attached to an aromatic ring is 1. The molecule has 0 aromatic carbocycles. The van der Waals surface area contributed by atoms with Crippen LogP contribution in [0.15, 0.2) is 6.07 Å². The van der Waals surface area contributed by atoms with Crippen molar-refractivity contribution in [1.29, 1.82) is 5.26 Å². The molecule has 0 unspecified atom stereocenters. The van der Waals surface area contributed by atoms with Gasteiger partial charge in [-0.3, -0.25) is 4.90 Å². The van der Waals surface area contributed by atoms with Gasteiger partial charge in [0, 0.05) is 24.5 Å². The topological polar surface area (TPSA) is 62.3 Å². The minimum absolute atomic E-state index is 0.613. The Bertz CT molecular complexity index is 390. The lowest BCUT2D eigenvalue weighted by Crippen LogP contribution is -2.37. The molecule has 2 rings (SSSR count). The number of rotatable bonds is 3. The Labute approximate surface area is 99.2 Å². The fraction of sp³-hybridized carbons (Fsp3) is 0.545. The van der Waals surface area contributed by atoms with Crippen LogP contribution in [0.4, 0.5) is 5.00 Å². The van der Waals surface area contributed by atoms with Crippen molar-refractivity contribution in [2.75, 3.05) is 38.6 Å². The second-order valence-electron chi connectivity index (χ2n) is 3.81. The van der Waals surface area contributed by atoms with E-state index >= 15 is 0 Å². The number of hydrogen-bond acceptors (Lipinski definition) is 5. The number of nitrogens with zero attached hydrogens (tertiary/aromatic N) is 2. The molecule has 2 N–H and O–H groups in total. The molecule has 86 valence electrons. The third-order valence-corrected chi connectivity index (χ3v) is 3.73. The van der Waals surface area contributed by atoms with Crippen LogP contribution in [0, 0.1) is 11.3 Å². The van der Waals surface area contributed by atoms with Gasteiger partial charge in [-0.2, -0.15) is 5.26 Å². The first-order chi connectivity index (χ1) is 7.79. The predicted molar refractivity (Wildman–Crippen MR) is 64.4 cm³/mol. The van der Waals surface area contributed by atoms with Crippen molar-refractivity contribution in [3.05, 3.63) is 16.5 Å². The van der Waals surface area contributed by atoms with Crippen LogP contribution >= 0.6 is 11.3 Å². The Morgan fingerprint density at radius 2 is 2.25 bits per heavy atom. The second-order valence-corrected chi connectivity index (χ2v) is 4.97. The largest absolute Gasteiger partial charge is 0.389 e. The zero-order valence-electron chi connectivity index (χ0n) is 9.11. The molecule has 4 nitrogen and oxygen atoms in total. The molecule has 0 aliphatic carbocycles. The molecule has 1 aliphatic rings. The van der Waals surface area contributed by atoms with Gasteiger partial charge in [-0.05, 0) is 12.5 Å². The number of nitrogens with two attached hydrogens (primary N) is 1. The quantitative estimate of drug-likeness (QED) is 0.854. The van der Waals surface area contributed by atoms with Crippen molar-refractivity contribution in [2.45, 2.75) is 6.42 Å². The lowest BCUT2D eigenvalue weighted by atomic mass is 10.2. The summed E-state index contributed by atoms with van der Waals surface area (Å²) >= 11 is 1.52. The number of thiophene rings is 1. The van der Waals surface area contributed by atoms with Crippen LogP contribution in [0.1, 0.15) is 10.4 Å². The highest BCUT2D eigenvalue weighted by molar-refractivity contribution is 7.16. The highest BCUT2D eigenvalue weighted by Gasteiger charge is 2.11. The maximum Gasteiger partial charge on any atom is 0.104 e. The van der Waals surface area contributed by atoms with Gasteiger partial charge >= 0.3 is 0 Å². The van der Waals surface area contributed by atoms with Crippen LogP contribution < -0.4 is 5.73 Å². The molecule has 16 heavy (non-hydrogen) atoms. The number of ether oxygens (including phenoxy) is 1. The summed E-state index contributed by atoms with van der Waals surface area (Å²) in [5, 5.41) is 9.44. The van der Waals surface area contributed by atoms with Gasteiger partial charge < -0.3 is 10.5 Å². The van der Waals surface area contributed by atoms with Crippen LogP contribution in [-0.4, -0.2) is 37.7 Å². The van der Waals surface area contributed by atoms with Crippen molar-refractivity contribution in [2.24, 2.45) is 0 Å². The van der Waals surface area contributed by atoms with E-state index in [1.807, 2.05) is 6.07 Å². The van der Waals surface area contributed by atoms with Gasteiger partial charge in [0.05, 0.1) is 18.8 Å². The molecule has 0 atom stereocenters. The normalized spacial score (nSPS) is 17.2. The number of hydrogen-bond donors (Lipinski definition) is 1. The summed E-state index contributed by atoms with van der Waals surface area (Å²) in [5.41, 5.74) is 6.34. The summed E-state index contributed by atoms with van der Waals surface area (Å²) in [4.78, 5) is 3.58. The highest BCUT2D eigenvalue weighted by atomic mass is 32.1. The first kappa shape index (κ1) is 11.4. The monoisotopic (exact) mass is 237 g/mol. The molecule has 1 aliphatic heterocycles. The maximum absolute atomic E-state index is 8.80. The summed E-state index contributed by atoms with van der Waals surface area (Å²) in [7, 11) is 0. The van der Waals surface area contributed by atoms with E-state index < -0.39 is 0 Å². The zero-order valence-corrected chi connectivity index (χ0v) is 9.92. The Morgan fingerprint density at radius 1 is 1.50 bits per heavy atom. The molecule has 0 radical (unpaired) electrons. The standard InChI is InChI=1S/C11H15N3OS/c12-8-9-7-10(16-11(9)13)1-2-14-3-5-15-6-4-14/h7H,1-6,13H2. The molecule has 1 fully saturated rings. The SMILES string of the molecule is N#Cc1cc(CCN2CCOCC2)sc1N. The Morgan fingerprint density at radius 3 is 2.88 bits per heavy atom. The Kier molecular flexibility index (Phi) is 3.78.